The summed E-state index contributed by atoms with van der Waals surface area (Å²) in [6.45, 7) is 3.85. The summed E-state index contributed by atoms with van der Waals surface area (Å²) in [4.78, 5) is 1.17. The van der Waals surface area contributed by atoms with Gasteiger partial charge in [-0.25, -0.2) is 0 Å². The number of thioether (sulfide) groups is 1. The molecule has 2 aliphatic rings. The van der Waals surface area contributed by atoms with Gasteiger partial charge in [-0.15, -0.1) is 11.8 Å². The normalized spacial score (nSPS) is 29.1. The van der Waals surface area contributed by atoms with Gasteiger partial charge in [-0.2, -0.15) is 0 Å². The molecular formula is C16H20O3S. The number of fused-ring (bicyclic) bond motifs is 1. The van der Waals surface area contributed by atoms with Crippen molar-refractivity contribution in [1.29, 1.82) is 0 Å². The molecule has 108 valence electrons. The summed E-state index contributed by atoms with van der Waals surface area (Å²) in [5, 5.41) is 10.4. The van der Waals surface area contributed by atoms with E-state index in [1.807, 2.05) is 32.0 Å². The molecule has 3 nitrogen and oxygen atoms in total. The minimum atomic E-state index is -0.541. The van der Waals surface area contributed by atoms with Crippen molar-refractivity contribution in [2.75, 3.05) is 5.75 Å². The smallest absolute Gasteiger partial charge is 0.164 e. The zero-order valence-corrected chi connectivity index (χ0v) is 12.6. The molecule has 4 heteroatoms. The molecular weight excluding hydrogens is 272 g/mol. The number of ether oxygens (including phenoxy) is 2. The van der Waals surface area contributed by atoms with E-state index in [-0.39, 0.29) is 12.2 Å². The lowest BCUT2D eigenvalue weighted by Gasteiger charge is -2.20. The quantitative estimate of drug-likeness (QED) is 0.684. The molecule has 1 saturated heterocycles. The molecule has 1 fully saturated rings. The molecule has 3 atom stereocenters. The second-order valence-electron chi connectivity index (χ2n) is 5.67. The summed E-state index contributed by atoms with van der Waals surface area (Å²) in [6, 6.07) is 10.1. The Morgan fingerprint density at radius 3 is 2.80 bits per heavy atom. The van der Waals surface area contributed by atoms with Gasteiger partial charge in [0.05, 0.1) is 12.2 Å². The first-order valence-electron chi connectivity index (χ1n) is 6.97. The summed E-state index contributed by atoms with van der Waals surface area (Å²) in [5.41, 5.74) is 0.976. The van der Waals surface area contributed by atoms with E-state index in [2.05, 4.69) is 18.2 Å². The molecule has 0 radical (unpaired) electrons. The van der Waals surface area contributed by atoms with Gasteiger partial charge in [0.1, 0.15) is 6.10 Å². The molecule has 1 heterocycles. The summed E-state index contributed by atoms with van der Waals surface area (Å²) in [7, 11) is 0. The van der Waals surface area contributed by atoms with Crippen LogP contribution in [-0.4, -0.2) is 35.0 Å². The number of aliphatic hydroxyl groups is 1. The molecule has 3 unspecified atom stereocenters. The van der Waals surface area contributed by atoms with Gasteiger partial charge in [0.2, 0.25) is 0 Å². The van der Waals surface area contributed by atoms with Crippen molar-refractivity contribution in [2.45, 2.75) is 49.3 Å². The lowest BCUT2D eigenvalue weighted by molar-refractivity contribution is -0.145. The highest BCUT2D eigenvalue weighted by atomic mass is 32.2. The molecule has 1 aliphatic carbocycles. The van der Waals surface area contributed by atoms with Crippen LogP contribution >= 0.6 is 11.8 Å². The van der Waals surface area contributed by atoms with E-state index in [1.165, 1.54) is 4.90 Å². The molecule has 0 saturated carbocycles. The Balaban J connectivity index is 1.59. The average Bonchev–Trinajstić information content (AvgIpc) is 2.92. The predicted octanol–water partition coefficient (Wildman–Crippen LogP) is 2.99. The lowest BCUT2D eigenvalue weighted by atomic mass is 10.1. The Bertz CT molecular complexity index is 498. The first kappa shape index (κ1) is 14.1. The van der Waals surface area contributed by atoms with Crippen molar-refractivity contribution in [1.82, 2.24) is 0 Å². The minimum absolute atomic E-state index is 0.0661. The fourth-order valence-electron chi connectivity index (χ4n) is 2.77. The molecule has 1 N–H and O–H groups in total. The highest BCUT2D eigenvalue weighted by molar-refractivity contribution is 7.99. The number of hydrogen-bond acceptors (Lipinski definition) is 4. The molecule has 3 rings (SSSR count). The van der Waals surface area contributed by atoms with E-state index in [0.717, 1.165) is 12.0 Å². The summed E-state index contributed by atoms with van der Waals surface area (Å²) < 4.78 is 11.7. The van der Waals surface area contributed by atoms with Gasteiger partial charge in [0.15, 0.2) is 5.79 Å². The van der Waals surface area contributed by atoms with Crippen LogP contribution < -0.4 is 0 Å². The van der Waals surface area contributed by atoms with Crippen LogP contribution in [0.15, 0.2) is 46.9 Å². The third kappa shape index (κ3) is 2.93. The molecule has 1 aliphatic heterocycles. The second kappa shape index (κ2) is 5.53. The molecule has 20 heavy (non-hydrogen) atoms. The highest BCUT2D eigenvalue weighted by Gasteiger charge is 2.46. The summed E-state index contributed by atoms with van der Waals surface area (Å²) in [5.74, 6) is 0.101. The van der Waals surface area contributed by atoms with Crippen molar-refractivity contribution >= 4 is 11.8 Å². The van der Waals surface area contributed by atoms with Crippen LogP contribution in [0.5, 0.6) is 0 Å². The van der Waals surface area contributed by atoms with Gasteiger partial charge in [0.25, 0.3) is 0 Å². The zero-order valence-electron chi connectivity index (χ0n) is 11.8. The molecule has 1 aromatic rings. The van der Waals surface area contributed by atoms with Gasteiger partial charge in [-0.05, 0) is 38.0 Å². The third-order valence-electron chi connectivity index (χ3n) is 3.63. The van der Waals surface area contributed by atoms with Crippen LogP contribution in [0.2, 0.25) is 0 Å². The van der Waals surface area contributed by atoms with Crippen LogP contribution in [0, 0.1) is 0 Å². The standard InChI is InChI=1S/C16H20O3S/c1-16(2)18-14-9-8-12(15(14)19-16)13(17)10-20-11-6-4-3-5-7-11/h3-8,13-15,17H,9-10H2,1-2H3. The monoisotopic (exact) mass is 292 g/mol. The van der Waals surface area contributed by atoms with Gasteiger partial charge in [-0.3, -0.25) is 0 Å². The van der Waals surface area contributed by atoms with Crippen LogP contribution in [0.1, 0.15) is 20.3 Å². The summed E-state index contributed by atoms with van der Waals surface area (Å²) in [6.07, 6.45) is 2.40. The van der Waals surface area contributed by atoms with Crippen LogP contribution in [0.3, 0.4) is 0 Å². The maximum Gasteiger partial charge on any atom is 0.164 e. The first-order chi connectivity index (χ1) is 9.55. The van der Waals surface area contributed by atoms with E-state index < -0.39 is 11.9 Å². The zero-order chi connectivity index (χ0) is 14.2. The fourth-order valence-corrected chi connectivity index (χ4v) is 3.66. The van der Waals surface area contributed by atoms with Crippen LogP contribution in [0.4, 0.5) is 0 Å². The molecule has 0 amide bonds. The average molecular weight is 292 g/mol. The van der Waals surface area contributed by atoms with E-state index in [0.29, 0.717) is 5.75 Å². The first-order valence-corrected chi connectivity index (χ1v) is 7.95. The maximum atomic E-state index is 10.4. The van der Waals surface area contributed by atoms with Crippen molar-refractivity contribution in [3.05, 3.63) is 42.0 Å². The Morgan fingerprint density at radius 2 is 2.05 bits per heavy atom. The van der Waals surface area contributed by atoms with Gasteiger partial charge < -0.3 is 14.6 Å². The SMILES string of the molecule is CC1(C)OC2CC=C(C(O)CSc3ccccc3)C2O1. The topological polar surface area (TPSA) is 38.7 Å². The second-order valence-corrected chi connectivity index (χ2v) is 6.77. The Labute approximate surface area is 124 Å². The molecule has 1 aromatic carbocycles. The number of benzene rings is 1. The largest absolute Gasteiger partial charge is 0.388 e. The highest BCUT2D eigenvalue weighted by Crippen LogP contribution is 2.39. The van der Waals surface area contributed by atoms with Crippen LogP contribution in [0.25, 0.3) is 0 Å². The van der Waals surface area contributed by atoms with Crippen molar-refractivity contribution < 1.29 is 14.6 Å². The fraction of sp³-hybridized carbons (Fsp3) is 0.500. The van der Waals surface area contributed by atoms with E-state index in [4.69, 9.17) is 9.47 Å². The predicted molar refractivity (Wildman–Crippen MR) is 79.7 cm³/mol. The third-order valence-corrected chi connectivity index (χ3v) is 4.72. The molecule has 0 aromatic heterocycles. The maximum absolute atomic E-state index is 10.4. The van der Waals surface area contributed by atoms with Crippen molar-refractivity contribution in [2.24, 2.45) is 0 Å². The Kier molecular flexibility index (Phi) is 3.91. The van der Waals surface area contributed by atoms with Crippen molar-refractivity contribution in [3.8, 4) is 0 Å². The minimum Gasteiger partial charge on any atom is -0.388 e. The van der Waals surface area contributed by atoms with E-state index >= 15 is 0 Å². The number of hydrogen-bond donors (Lipinski definition) is 1. The van der Waals surface area contributed by atoms with Gasteiger partial charge in [0, 0.05) is 10.6 Å². The van der Waals surface area contributed by atoms with E-state index in [1.54, 1.807) is 11.8 Å². The Hall–Kier alpha value is -0.810. The van der Waals surface area contributed by atoms with Crippen LogP contribution in [-0.2, 0) is 9.47 Å². The van der Waals surface area contributed by atoms with Crippen molar-refractivity contribution in [3.63, 3.8) is 0 Å². The number of aliphatic hydroxyl groups excluding tert-OH is 1. The van der Waals surface area contributed by atoms with E-state index in [9.17, 15) is 5.11 Å². The number of rotatable bonds is 4. The van der Waals surface area contributed by atoms with Gasteiger partial charge in [-0.1, -0.05) is 24.3 Å². The lowest BCUT2D eigenvalue weighted by Crippen LogP contribution is -2.28. The summed E-state index contributed by atoms with van der Waals surface area (Å²) >= 11 is 1.66. The van der Waals surface area contributed by atoms with Gasteiger partial charge >= 0.3 is 0 Å². The Morgan fingerprint density at radius 1 is 1.30 bits per heavy atom. The molecule has 0 bridgehead atoms. The molecule has 0 spiro atoms.